The van der Waals surface area contributed by atoms with Crippen LogP contribution in [0.3, 0.4) is 0 Å². The maximum absolute atomic E-state index is 13.4. The van der Waals surface area contributed by atoms with E-state index in [0.717, 1.165) is 12.1 Å². The van der Waals surface area contributed by atoms with E-state index < -0.39 is 26.6 Å². The first kappa shape index (κ1) is 15.1. The molecule has 100 valence electrons. The molecule has 0 bridgehead atoms. The molecule has 0 spiro atoms. The van der Waals surface area contributed by atoms with E-state index in [2.05, 4.69) is 21.2 Å². The Bertz CT molecular complexity index is 587. The summed E-state index contributed by atoms with van der Waals surface area (Å²) in [6.07, 6.45) is 0. The zero-order valence-corrected chi connectivity index (χ0v) is 12.1. The van der Waals surface area contributed by atoms with Crippen LogP contribution < -0.4 is 10.5 Å². The Hall–Kier alpha value is -0.990. The van der Waals surface area contributed by atoms with Crippen LogP contribution in [-0.4, -0.2) is 20.4 Å². The molecule has 0 unspecified atom stereocenters. The van der Waals surface area contributed by atoms with Crippen LogP contribution in [0.2, 0.25) is 0 Å². The van der Waals surface area contributed by atoms with E-state index >= 15 is 0 Å². The van der Waals surface area contributed by atoms with E-state index in [9.17, 15) is 17.6 Å². The van der Waals surface area contributed by atoms with Crippen LogP contribution in [-0.2, 0) is 10.0 Å². The van der Waals surface area contributed by atoms with Gasteiger partial charge in [0, 0.05) is 10.5 Å². The summed E-state index contributed by atoms with van der Waals surface area (Å²) < 4.78 is 35.9. The fourth-order valence-electron chi connectivity index (χ4n) is 1.26. The predicted molar refractivity (Wildman–Crippen MR) is 68.1 cm³/mol. The van der Waals surface area contributed by atoms with Gasteiger partial charge in [-0.05, 0) is 41.9 Å². The van der Waals surface area contributed by atoms with Gasteiger partial charge in [0.25, 0.3) is 5.91 Å². The third-order valence-corrected chi connectivity index (χ3v) is 3.57. The zero-order valence-electron chi connectivity index (χ0n) is 9.70. The lowest BCUT2D eigenvalue weighted by molar-refractivity contribution is 0.0942. The van der Waals surface area contributed by atoms with Crippen LogP contribution in [0.15, 0.2) is 21.5 Å². The molecule has 0 saturated carbocycles. The number of sulfonamides is 1. The molecule has 0 radical (unpaired) electrons. The Morgan fingerprint density at radius 2 is 2.00 bits per heavy atom. The molecule has 18 heavy (non-hydrogen) atoms. The van der Waals surface area contributed by atoms with Crippen LogP contribution in [0, 0.1) is 5.82 Å². The highest BCUT2D eigenvalue weighted by atomic mass is 79.9. The molecule has 1 amide bonds. The summed E-state index contributed by atoms with van der Waals surface area (Å²) in [4.78, 5) is 11.1. The number of hydrogen-bond donors (Lipinski definition) is 2. The van der Waals surface area contributed by atoms with E-state index in [-0.39, 0.29) is 16.1 Å². The first-order valence-electron chi connectivity index (χ1n) is 4.95. The SMILES string of the molecule is CC(C)NC(=O)c1cc(S(N)(=O)=O)c(F)cc1Br. The maximum atomic E-state index is 13.4. The molecule has 8 heteroatoms. The van der Waals surface area contributed by atoms with Gasteiger partial charge in [0.15, 0.2) is 0 Å². The molecule has 0 aromatic heterocycles. The summed E-state index contributed by atoms with van der Waals surface area (Å²) >= 11 is 3.00. The number of nitrogens with one attached hydrogen (secondary N) is 1. The predicted octanol–water partition coefficient (Wildman–Crippen LogP) is 1.37. The van der Waals surface area contributed by atoms with Gasteiger partial charge in [-0.15, -0.1) is 0 Å². The fraction of sp³-hybridized carbons (Fsp3) is 0.300. The smallest absolute Gasteiger partial charge is 0.252 e. The number of primary sulfonamides is 1. The highest BCUT2D eigenvalue weighted by Crippen LogP contribution is 2.23. The topological polar surface area (TPSA) is 89.3 Å². The molecule has 0 saturated heterocycles. The Labute approximate surface area is 113 Å². The molecule has 0 heterocycles. The van der Waals surface area contributed by atoms with Crippen molar-refractivity contribution in [3.8, 4) is 0 Å². The van der Waals surface area contributed by atoms with Gasteiger partial charge < -0.3 is 5.32 Å². The number of rotatable bonds is 3. The summed E-state index contributed by atoms with van der Waals surface area (Å²) in [5, 5.41) is 7.43. The number of carbonyl (C=O) groups excluding carboxylic acids is 1. The molecular weight excluding hydrogens is 327 g/mol. The minimum atomic E-state index is -4.21. The first-order chi connectivity index (χ1) is 8.12. The maximum Gasteiger partial charge on any atom is 0.252 e. The number of hydrogen-bond acceptors (Lipinski definition) is 3. The highest BCUT2D eigenvalue weighted by Gasteiger charge is 2.20. The lowest BCUT2D eigenvalue weighted by atomic mass is 10.2. The molecule has 3 N–H and O–H groups in total. The van der Waals surface area contributed by atoms with Crippen molar-refractivity contribution in [3.63, 3.8) is 0 Å². The molecule has 1 aromatic carbocycles. The van der Waals surface area contributed by atoms with Gasteiger partial charge in [-0.25, -0.2) is 17.9 Å². The largest absolute Gasteiger partial charge is 0.350 e. The van der Waals surface area contributed by atoms with Crippen molar-refractivity contribution < 1.29 is 17.6 Å². The van der Waals surface area contributed by atoms with Crippen molar-refractivity contribution in [2.24, 2.45) is 5.14 Å². The summed E-state index contributed by atoms with van der Waals surface area (Å²) in [7, 11) is -4.21. The average molecular weight is 339 g/mol. The lowest BCUT2D eigenvalue weighted by Crippen LogP contribution is -2.30. The standard InChI is InChI=1S/C10H12BrFN2O3S/c1-5(2)14-10(15)6-3-9(18(13,16)17)8(12)4-7(6)11/h3-5H,1-2H3,(H,14,15)(H2,13,16,17). The second-order valence-electron chi connectivity index (χ2n) is 3.94. The molecular formula is C10H12BrFN2O3S. The van der Waals surface area contributed by atoms with E-state index in [1.165, 1.54) is 0 Å². The van der Waals surface area contributed by atoms with E-state index in [0.29, 0.717) is 0 Å². The van der Waals surface area contributed by atoms with Crippen molar-refractivity contribution in [1.82, 2.24) is 5.32 Å². The van der Waals surface area contributed by atoms with Gasteiger partial charge in [0.1, 0.15) is 10.7 Å². The normalized spacial score (nSPS) is 11.7. The van der Waals surface area contributed by atoms with Crippen molar-refractivity contribution in [2.45, 2.75) is 24.8 Å². The average Bonchev–Trinajstić information content (AvgIpc) is 2.13. The molecule has 5 nitrogen and oxygen atoms in total. The third-order valence-electron chi connectivity index (χ3n) is 1.99. The summed E-state index contributed by atoms with van der Waals surface area (Å²) in [5.74, 6) is -1.52. The van der Waals surface area contributed by atoms with Crippen molar-refractivity contribution in [1.29, 1.82) is 0 Å². The van der Waals surface area contributed by atoms with E-state index in [4.69, 9.17) is 5.14 Å². The van der Waals surface area contributed by atoms with Crippen LogP contribution in [0.5, 0.6) is 0 Å². The van der Waals surface area contributed by atoms with Crippen LogP contribution >= 0.6 is 15.9 Å². The van der Waals surface area contributed by atoms with Crippen molar-refractivity contribution in [3.05, 3.63) is 28.0 Å². The molecule has 0 aliphatic carbocycles. The van der Waals surface area contributed by atoms with E-state index in [1.54, 1.807) is 13.8 Å². The summed E-state index contributed by atoms with van der Waals surface area (Å²) in [6.45, 7) is 3.49. The van der Waals surface area contributed by atoms with Gasteiger partial charge in [-0.3, -0.25) is 4.79 Å². The lowest BCUT2D eigenvalue weighted by Gasteiger charge is -2.11. The minimum Gasteiger partial charge on any atom is -0.350 e. The van der Waals surface area contributed by atoms with Gasteiger partial charge in [-0.2, -0.15) is 0 Å². The minimum absolute atomic E-state index is 0.00845. The van der Waals surface area contributed by atoms with E-state index in [1.807, 2.05) is 0 Å². The number of benzene rings is 1. The molecule has 0 fully saturated rings. The molecule has 0 aliphatic rings. The third kappa shape index (κ3) is 3.50. The number of amides is 1. The zero-order chi connectivity index (χ0) is 14.1. The van der Waals surface area contributed by atoms with Crippen LogP contribution in [0.25, 0.3) is 0 Å². The molecule has 1 aromatic rings. The Kier molecular flexibility index (Phi) is 4.46. The summed E-state index contributed by atoms with van der Waals surface area (Å²) in [6, 6.07) is 1.67. The van der Waals surface area contributed by atoms with Crippen molar-refractivity contribution in [2.75, 3.05) is 0 Å². The number of carbonyl (C=O) groups is 1. The Morgan fingerprint density at radius 1 is 1.44 bits per heavy atom. The quantitative estimate of drug-likeness (QED) is 0.872. The second kappa shape index (κ2) is 5.33. The van der Waals surface area contributed by atoms with Crippen molar-refractivity contribution >= 4 is 31.9 Å². The number of halogens is 2. The van der Waals surface area contributed by atoms with Crippen LogP contribution in [0.4, 0.5) is 4.39 Å². The van der Waals surface area contributed by atoms with Gasteiger partial charge in [0.05, 0.1) is 5.56 Å². The Morgan fingerprint density at radius 3 is 2.44 bits per heavy atom. The first-order valence-corrected chi connectivity index (χ1v) is 7.29. The molecule has 1 rings (SSSR count). The van der Waals surface area contributed by atoms with Crippen LogP contribution in [0.1, 0.15) is 24.2 Å². The Balaban J connectivity index is 3.34. The van der Waals surface area contributed by atoms with Gasteiger partial charge >= 0.3 is 0 Å². The fourth-order valence-corrected chi connectivity index (χ4v) is 2.37. The summed E-state index contributed by atoms with van der Waals surface area (Å²) in [5.41, 5.74) is 0.00845. The highest BCUT2D eigenvalue weighted by molar-refractivity contribution is 9.10. The van der Waals surface area contributed by atoms with Gasteiger partial charge in [0.2, 0.25) is 10.0 Å². The molecule has 0 aliphatic heterocycles. The molecule has 0 atom stereocenters. The second-order valence-corrected chi connectivity index (χ2v) is 6.32. The monoisotopic (exact) mass is 338 g/mol. The van der Waals surface area contributed by atoms with Gasteiger partial charge in [-0.1, -0.05) is 0 Å². The number of nitrogens with two attached hydrogens (primary N) is 1.